The average Bonchev–Trinajstić information content (AvgIpc) is 3.12. The van der Waals surface area contributed by atoms with Crippen LogP contribution in [0.25, 0.3) is 0 Å². The van der Waals surface area contributed by atoms with Gasteiger partial charge in [-0.15, -0.1) is 0 Å². The predicted molar refractivity (Wildman–Crippen MR) is 70.2 cm³/mol. The lowest BCUT2D eigenvalue weighted by atomic mass is 10.2. The minimum atomic E-state index is -0.108. The molecule has 0 radical (unpaired) electrons. The summed E-state index contributed by atoms with van der Waals surface area (Å²) in [5.74, 6) is 1.40. The predicted octanol–water partition coefficient (Wildman–Crippen LogP) is 1.66. The Hall–Kier alpha value is -1.65. The van der Waals surface area contributed by atoms with Crippen molar-refractivity contribution in [3.63, 3.8) is 0 Å². The Kier molecular flexibility index (Phi) is 3.50. The van der Waals surface area contributed by atoms with Gasteiger partial charge in [-0.2, -0.15) is 0 Å². The van der Waals surface area contributed by atoms with Gasteiger partial charge >= 0.3 is 0 Å². The van der Waals surface area contributed by atoms with Crippen LogP contribution in [0.2, 0.25) is 0 Å². The number of nitrogen functional groups attached to an aromatic ring is 1. The number of hydrogen-bond acceptors (Lipinski definition) is 4. The van der Waals surface area contributed by atoms with E-state index in [2.05, 4.69) is 9.97 Å². The van der Waals surface area contributed by atoms with E-state index >= 15 is 0 Å². The molecule has 2 N–H and O–H groups in total. The maximum Gasteiger partial charge on any atom is 0.274 e. The zero-order valence-electron chi connectivity index (χ0n) is 11.2. The first-order valence-corrected chi connectivity index (χ1v) is 6.37. The molecule has 2 rings (SSSR count). The van der Waals surface area contributed by atoms with E-state index in [-0.39, 0.29) is 11.8 Å². The van der Waals surface area contributed by atoms with Crippen LogP contribution in [0.1, 0.15) is 48.9 Å². The van der Waals surface area contributed by atoms with Gasteiger partial charge in [-0.25, -0.2) is 9.97 Å². The number of nitrogens with two attached hydrogens (primary N) is 1. The van der Waals surface area contributed by atoms with Crippen LogP contribution < -0.4 is 5.73 Å². The molecule has 1 saturated carbocycles. The Morgan fingerprint density at radius 3 is 2.78 bits per heavy atom. The van der Waals surface area contributed by atoms with Crippen LogP contribution in [-0.4, -0.2) is 34.4 Å². The Morgan fingerprint density at radius 2 is 2.22 bits per heavy atom. The molecule has 1 aromatic rings. The minimum absolute atomic E-state index is 0.108. The molecule has 18 heavy (non-hydrogen) atoms. The van der Waals surface area contributed by atoms with E-state index in [4.69, 9.17) is 5.73 Å². The molecule has 5 nitrogen and oxygen atoms in total. The van der Waals surface area contributed by atoms with Gasteiger partial charge < -0.3 is 10.6 Å². The van der Waals surface area contributed by atoms with Crippen molar-refractivity contribution in [1.29, 1.82) is 0 Å². The molecule has 0 unspecified atom stereocenters. The fourth-order valence-electron chi connectivity index (χ4n) is 1.81. The van der Waals surface area contributed by atoms with Gasteiger partial charge in [-0.3, -0.25) is 4.79 Å². The fourth-order valence-corrected chi connectivity index (χ4v) is 1.81. The van der Waals surface area contributed by atoms with Crippen LogP contribution in [0.4, 0.5) is 5.69 Å². The number of carbonyl (C=O) groups is 1. The van der Waals surface area contributed by atoms with Crippen LogP contribution in [0.3, 0.4) is 0 Å². The van der Waals surface area contributed by atoms with E-state index in [1.54, 1.807) is 11.9 Å². The third-order valence-corrected chi connectivity index (χ3v) is 3.13. The maximum atomic E-state index is 12.3. The Labute approximate surface area is 107 Å². The molecule has 1 heterocycles. The van der Waals surface area contributed by atoms with E-state index in [1.807, 2.05) is 13.8 Å². The summed E-state index contributed by atoms with van der Waals surface area (Å²) in [6.45, 7) is 4.78. The molecule has 1 aliphatic rings. The first kappa shape index (κ1) is 12.8. The quantitative estimate of drug-likeness (QED) is 0.879. The highest BCUT2D eigenvalue weighted by atomic mass is 16.2. The SMILES string of the molecule is CC(C)c1ncc(N)c(C(=O)N(C)CC2CC2)n1. The standard InChI is InChI=1S/C13H20N4O/c1-8(2)12-15-6-10(14)11(16-12)13(18)17(3)7-9-4-5-9/h6,8-9H,4-5,7,14H2,1-3H3. The van der Waals surface area contributed by atoms with Crippen molar-refractivity contribution < 1.29 is 4.79 Å². The Morgan fingerprint density at radius 1 is 1.56 bits per heavy atom. The Balaban J connectivity index is 2.19. The molecule has 0 bridgehead atoms. The lowest BCUT2D eigenvalue weighted by Crippen LogP contribution is -2.30. The van der Waals surface area contributed by atoms with Gasteiger partial charge in [0.05, 0.1) is 11.9 Å². The van der Waals surface area contributed by atoms with Gasteiger partial charge in [0.15, 0.2) is 5.69 Å². The third-order valence-electron chi connectivity index (χ3n) is 3.13. The van der Waals surface area contributed by atoms with Crippen molar-refractivity contribution in [2.45, 2.75) is 32.6 Å². The lowest BCUT2D eigenvalue weighted by Gasteiger charge is -2.17. The normalized spacial score (nSPS) is 14.9. The van der Waals surface area contributed by atoms with Gasteiger partial charge in [0.1, 0.15) is 5.82 Å². The smallest absolute Gasteiger partial charge is 0.274 e. The number of aromatic nitrogens is 2. The van der Waals surface area contributed by atoms with Gasteiger partial charge in [-0.1, -0.05) is 13.8 Å². The van der Waals surface area contributed by atoms with Crippen LogP contribution in [0.5, 0.6) is 0 Å². The van der Waals surface area contributed by atoms with Gasteiger partial charge in [0.25, 0.3) is 5.91 Å². The number of hydrogen-bond donors (Lipinski definition) is 1. The summed E-state index contributed by atoms with van der Waals surface area (Å²) in [6, 6.07) is 0. The third kappa shape index (κ3) is 2.78. The number of rotatable bonds is 4. The second kappa shape index (κ2) is 4.92. The van der Waals surface area contributed by atoms with Gasteiger partial charge in [0.2, 0.25) is 0 Å². The summed E-state index contributed by atoms with van der Waals surface area (Å²) in [7, 11) is 1.80. The van der Waals surface area contributed by atoms with Gasteiger partial charge in [-0.05, 0) is 18.8 Å². The van der Waals surface area contributed by atoms with Crippen LogP contribution in [0, 0.1) is 5.92 Å². The van der Waals surface area contributed by atoms with E-state index in [0.29, 0.717) is 23.1 Å². The molecular weight excluding hydrogens is 228 g/mol. The van der Waals surface area contributed by atoms with Crippen molar-refractivity contribution >= 4 is 11.6 Å². The molecule has 98 valence electrons. The monoisotopic (exact) mass is 248 g/mol. The molecule has 0 atom stereocenters. The van der Waals surface area contributed by atoms with E-state index in [0.717, 1.165) is 6.54 Å². The van der Waals surface area contributed by atoms with Crippen LogP contribution in [0.15, 0.2) is 6.20 Å². The van der Waals surface area contributed by atoms with Crippen molar-refractivity contribution in [1.82, 2.24) is 14.9 Å². The Bertz CT molecular complexity index is 454. The zero-order chi connectivity index (χ0) is 13.3. The van der Waals surface area contributed by atoms with Crippen LogP contribution in [-0.2, 0) is 0 Å². The summed E-state index contributed by atoms with van der Waals surface area (Å²) in [5.41, 5.74) is 6.49. The zero-order valence-corrected chi connectivity index (χ0v) is 11.2. The van der Waals surface area contributed by atoms with Crippen LogP contribution >= 0.6 is 0 Å². The summed E-state index contributed by atoms with van der Waals surface area (Å²) in [6.07, 6.45) is 3.96. The summed E-state index contributed by atoms with van der Waals surface area (Å²) in [4.78, 5) is 22.4. The van der Waals surface area contributed by atoms with E-state index in [9.17, 15) is 4.79 Å². The van der Waals surface area contributed by atoms with Crippen molar-refractivity contribution in [2.75, 3.05) is 19.3 Å². The molecule has 0 aliphatic heterocycles. The molecule has 1 aromatic heterocycles. The second-order valence-corrected chi connectivity index (χ2v) is 5.32. The average molecular weight is 248 g/mol. The number of carbonyl (C=O) groups excluding carboxylic acids is 1. The maximum absolute atomic E-state index is 12.3. The first-order valence-electron chi connectivity index (χ1n) is 6.37. The number of anilines is 1. The van der Waals surface area contributed by atoms with Gasteiger partial charge in [0, 0.05) is 19.5 Å². The molecular formula is C13H20N4O. The largest absolute Gasteiger partial charge is 0.396 e. The summed E-state index contributed by atoms with van der Waals surface area (Å²) < 4.78 is 0. The molecule has 1 fully saturated rings. The molecule has 0 spiro atoms. The highest BCUT2D eigenvalue weighted by Gasteiger charge is 2.26. The molecule has 1 amide bonds. The van der Waals surface area contributed by atoms with Crippen molar-refractivity contribution in [3.8, 4) is 0 Å². The molecule has 5 heteroatoms. The fraction of sp³-hybridized carbons (Fsp3) is 0.615. The number of nitrogens with zero attached hydrogens (tertiary/aromatic N) is 3. The lowest BCUT2D eigenvalue weighted by molar-refractivity contribution is 0.0783. The summed E-state index contributed by atoms with van der Waals surface area (Å²) >= 11 is 0. The molecule has 0 saturated heterocycles. The second-order valence-electron chi connectivity index (χ2n) is 5.32. The van der Waals surface area contributed by atoms with Crippen molar-refractivity contribution in [3.05, 3.63) is 17.7 Å². The number of amides is 1. The topological polar surface area (TPSA) is 72.1 Å². The van der Waals surface area contributed by atoms with Crippen molar-refractivity contribution in [2.24, 2.45) is 5.92 Å². The first-order chi connectivity index (χ1) is 8.49. The highest BCUT2D eigenvalue weighted by Crippen LogP contribution is 2.29. The highest BCUT2D eigenvalue weighted by molar-refractivity contribution is 5.96. The summed E-state index contributed by atoms with van der Waals surface area (Å²) in [5, 5.41) is 0. The minimum Gasteiger partial charge on any atom is -0.396 e. The molecule has 1 aliphatic carbocycles. The van der Waals surface area contributed by atoms with E-state index in [1.165, 1.54) is 19.0 Å². The molecule has 0 aromatic carbocycles. The van der Waals surface area contributed by atoms with E-state index < -0.39 is 0 Å².